The van der Waals surface area contributed by atoms with Crippen LogP contribution in [0, 0.1) is 0 Å². The third-order valence-electron chi connectivity index (χ3n) is 4.91. The molecule has 1 atom stereocenters. The number of hydrogen-bond acceptors (Lipinski definition) is 2. The predicted octanol–water partition coefficient (Wildman–Crippen LogP) is 5.95. The Kier molecular flexibility index (Phi) is 9.47. The average Bonchev–Trinajstić information content (AvgIpc) is 2.96. The van der Waals surface area contributed by atoms with Gasteiger partial charge >= 0.3 is 130 Å². The van der Waals surface area contributed by atoms with Crippen LogP contribution in [-0.4, -0.2) is 29.7 Å². The van der Waals surface area contributed by atoms with Gasteiger partial charge in [-0.2, -0.15) is 0 Å². The molecule has 0 heterocycles. The van der Waals surface area contributed by atoms with Gasteiger partial charge in [-0.05, 0) is 0 Å². The molecule has 0 saturated heterocycles. The maximum atomic E-state index is 9.27. The van der Waals surface area contributed by atoms with Crippen molar-refractivity contribution in [1.29, 1.82) is 0 Å². The van der Waals surface area contributed by atoms with E-state index in [-0.39, 0.29) is 6.10 Å². The molecule has 20 heavy (non-hydrogen) atoms. The molecule has 1 aliphatic rings. The normalized spacial score (nSPS) is 19.4. The summed E-state index contributed by atoms with van der Waals surface area (Å²) in [5, 5.41) is 9.27. The molecule has 1 unspecified atom stereocenters. The van der Waals surface area contributed by atoms with E-state index in [1.165, 1.54) is 51.8 Å². The zero-order valence-electron chi connectivity index (χ0n) is 13.8. The molecular formula is C17H34O2Sn. The van der Waals surface area contributed by atoms with E-state index in [0.29, 0.717) is 0 Å². The van der Waals surface area contributed by atoms with E-state index in [0.717, 1.165) is 12.8 Å². The molecule has 0 saturated carbocycles. The van der Waals surface area contributed by atoms with Crippen molar-refractivity contribution in [2.24, 2.45) is 0 Å². The van der Waals surface area contributed by atoms with Crippen LogP contribution in [0.2, 0.25) is 13.3 Å². The zero-order chi connectivity index (χ0) is 14.8. The van der Waals surface area contributed by atoms with Crippen molar-refractivity contribution >= 4 is 18.4 Å². The molecule has 0 bridgehead atoms. The molecule has 0 aromatic carbocycles. The Morgan fingerprint density at radius 1 is 1.05 bits per heavy atom. The van der Waals surface area contributed by atoms with Gasteiger partial charge in [0.05, 0.1) is 0 Å². The van der Waals surface area contributed by atoms with E-state index in [1.807, 2.05) is 0 Å². The van der Waals surface area contributed by atoms with E-state index in [1.54, 1.807) is 3.59 Å². The second-order valence-corrected chi connectivity index (χ2v) is 19.7. The van der Waals surface area contributed by atoms with Gasteiger partial charge < -0.3 is 0 Å². The molecule has 2 nitrogen and oxygen atoms in total. The van der Waals surface area contributed by atoms with Crippen LogP contribution in [0.1, 0.15) is 72.1 Å². The molecular weight excluding hydrogens is 355 g/mol. The second-order valence-electron chi connectivity index (χ2n) is 6.42. The van der Waals surface area contributed by atoms with Gasteiger partial charge in [-0.25, -0.2) is 0 Å². The van der Waals surface area contributed by atoms with Crippen LogP contribution in [0.25, 0.3) is 0 Å². The first-order valence-corrected chi connectivity index (χ1v) is 16.2. The Balaban J connectivity index is 2.92. The monoisotopic (exact) mass is 390 g/mol. The molecule has 0 radical (unpaired) electrons. The summed E-state index contributed by atoms with van der Waals surface area (Å²) in [7, 11) is 0. The van der Waals surface area contributed by atoms with Crippen molar-refractivity contribution in [3.8, 4) is 0 Å². The summed E-state index contributed by atoms with van der Waals surface area (Å²) in [6.45, 7) is 6.91. The SMILES string of the molecule is CCC[CH2][Sn]([CH2]CCC)([CH2]CCC)[C]1=CCCC1OO. The van der Waals surface area contributed by atoms with Crippen LogP contribution in [0.5, 0.6) is 0 Å². The van der Waals surface area contributed by atoms with Gasteiger partial charge in [-0.15, -0.1) is 0 Å². The molecule has 1 aliphatic carbocycles. The van der Waals surface area contributed by atoms with Crippen molar-refractivity contribution in [3.63, 3.8) is 0 Å². The fourth-order valence-electron chi connectivity index (χ4n) is 3.70. The Bertz CT molecular complexity index is 267. The van der Waals surface area contributed by atoms with Crippen molar-refractivity contribution in [2.45, 2.75) is 91.6 Å². The summed E-state index contributed by atoms with van der Waals surface area (Å²) in [5.41, 5.74) is 0. The fourth-order valence-corrected chi connectivity index (χ4v) is 21.3. The predicted molar refractivity (Wildman–Crippen MR) is 89.7 cm³/mol. The Morgan fingerprint density at radius 2 is 1.55 bits per heavy atom. The van der Waals surface area contributed by atoms with E-state index >= 15 is 0 Å². The molecule has 0 aliphatic heterocycles. The summed E-state index contributed by atoms with van der Waals surface area (Å²) in [4.78, 5) is 4.85. The van der Waals surface area contributed by atoms with Gasteiger partial charge in [0.2, 0.25) is 0 Å². The Morgan fingerprint density at radius 3 is 1.95 bits per heavy atom. The third kappa shape index (κ3) is 5.03. The standard InChI is InChI=1S/C5H7O2.3C4H9.Sn/c6-7-5-3-1-2-4-5;3*1-3-4-2;/h1,5-6H,2,4H2;3*1,3-4H2,2H3;. The molecule has 0 spiro atoms. The van der Waals surface area contributed by atoms with Gasteiger partial charge in [0.1, 0.15) is 0 Å². The number of hydrogen-bond donors (Lipinski definition) is 1. The van der Waals surface area contributed by atoms with Crippen LogP contribution in [0.15, 0.2) is 9.67 Å². The molecule has 0 aromatic rings. The van der Waals surface area contributed by atoms with Crippen molar-refractivity contribution < 1.29 is 10.1 Å². The third-order valence-corrected chi connectivity index (χ3v) is 21.1. The molecule has 0 aromatic heterocycles. The molecule has 3 heteroatoms. The van der Waals surface area contributed by atoms with Crippen LogP contribution >= 0.6 is 0 Å². The van der Waals surface area contributed by atoms with Gasteiger partial charge in [0.25, 0.3) is 0 Å². The topological polar surface area (TPSA) is 29.5 Å². The van der Waals surface area contributed by atoms with E-state index in [2.05, 4.69) is 26.8 Å². The first-order valence-electron chi connectivity index (χ1n) is 8.74. The summed E-state index contributed by atoms with van der Waals surface area (Å²) in [5.74, 6) is 0. The quantitative estimate of drug-likeness (QED) is 0.269. The van der Waals surface area contributed by atoms with E-state index < -0.39 is 18.4 Å². The molecule has 118 valence electrons. The van der Waals surface area contributed by atoms with Crippen molar-refractivity contribution in [1.82, 2.24) is 0 Å². The van der Waals surface area contributed by atoms with Gasteiger partial charge in [0, 0.05) is 0 Å². The number of unbranched alkanes of at least 4 members (excludes halogenated alkanes) is 3. The summed E-state index contributed by atoms with van der Waals surface area (Å²) in [6, 6.07) is 0. The Labute approximate surface area is 129 Å². The minimum atomic E-state index is -2.31. The number of allylic oxidation sites excluding steroid dienone is 1. The first kappa shape index (κ1) is 18.5. The number of rotatable bonds is 11. The van der Waals surface area contributed by atoms with Crippen LogP contribution in [-0.2, 0) is 4.89 Å². The van der Waals surface area contributed by atoms with Crippen molar-refractivity contribution in [3.05, 3.63) is 9.67 Å². The molecule has 0 fully saturated rings. The zero-order valence-corrected chi connectivity index (χ0v) is 16.6. The minimum absolute atomic E-state index is 0.0522. The van der Waals surface area contributed by atoms with Crippen LogP contribution < -0.4 is 0 Å². The molecule has 1 rings (SSSR count). The van der Waals surface area contributed by atoms with Gasteiger partial charge in [0.15, 0.2) is 0 Å². The van der Waals surface area contributed by atoms with Gasteiger partial charge in [-0.3, -0.25) is 0 Å². The second kappa shape index (κ2) is 10.2. The van der Waals surface area contributed by atoms with Crippen LogP contribution in [0.4, 0.5) is 0 Å². The fraction of sp³-hybridized carbons (Fsp3) is 0.882. The average molecular weight is 389 g/mol. The van der Waals surface area contributed by atoms with Crippen LogP contribution in [0.3, 0.4) is 0 Å². The Hall–Kier alpha value is 0.459. The van der Waals surface area contributed by atoms with Gasteiger partial charge in [-0.1, -0.05) is 0 Å². The van der Waals surface area contributed by atoms with Crippen molar-refractivity contribution in [2.75, 3.05) is 0 Å². The summed E-state index contributed by atoms with van der Waals surface area (Å²) < 4.78 is 6.03. The van der Waals surface area contributed by atoms with E-state index in [4.69, 9.17) is 4.89 Å². The summed E-state index contributed by atoms with van der Waals surface area (Å²) >= 11 is -2.31. The first-order chi connectivity index (χ1) is 9.74. The summed E-state index contributed by atoms with van der Waals surface area (Å²) in [6.07, 6.45) is 12.7. The van der Waals surface area contributed by atoms with E-state index in [9.17, 15) is 5.26 Å². The maximum absolute atomic E-state index is 9.27. The molecule has 1 N–H and O–H groups in total. The molecule has 0 amide bonds.